The Balaban J connectivity index is 1.77. The van der Waals surface area contributed by atoms with Gasteiger partial charge in [-0.05, 0) is 41.0 Å². The molecule has 2 aliphatic rings. The summed E-state index contributed by atoms with van der Waals surface area (Å²) in [7, 11) is 1.67. The summed E-state index contributed by atoms with van der Waals surface area (Å²) in [6.45, 7) is 4.22. The largest absolute Gasteiger partial charge is 0.506 e. The summed E-state index contributed by atoms with van der Waals surface area (Å²) in [5, 5.41) is 19.5. The number of phenols is 1. The molecule has 1 aliphatic heterocycles. The van der Waals surface area contributed by atoms with E-state index in [0.717, 1.165) is 45.5 Å². The average Bonchev–Trinajstić information content (AvgIpc) is 2.89. The highest BCUT2D eigenvalue weighted by molar-refractivity contribution is 6.03. The number of hydrogen-bond donors (Lipinski definition) is 3. The van der Waals surface area contributed by atoms with E-state index in [0.29, 0.717) is 12.1 Å². The van der Waals surface area contributed by atoms with Crippen LogP contribution in [0.3, 0.4) is 0 Å². The topological polar surface area (TPSA) is 70.6 Å². The molecule has 158 valence electrons. The minimum atomic E-state index is -0.343. The number of aromatic hydroxyl groups is 1. The number of ether oxygens (including phenoxy) is 1. The Morgan fingerprint density at radius 1 is 1.00 bits per heavy atom. The smallest absolute Gasteiger partial charge is 0.163 e. The van der Waals surface area contributed by atoms with Crippen LogP contribution in [0.4, 0.5) is 11.4 Å². The number of carbonyl (C=O) groups excluding carboxylic acids is 1. The minimum absolute atomic E-state index is 0.128. The number of methoxy groups -OCH3 is 1. The van der Waals surface area contributed by atoms with Crippen molar-refractivity contribution >= 4 is 27.9 Å². The number of anilines is 2. The van der Waals surface area contributed by atoms with Crippen molar-refractivity contribution in [3.8, 4) is 11.5 Å². The Morgan fingerprint density at radius 2 is 1.77 bits per heavy atom. The van der Waals surface area contributed by atoms with Gasteiger partial charge in [-0.25, -0.2) is 0 Å². The number of fused-ring (bicyclic) bond motifs is 2. The van der Waals surface area contributed by atoms with Crippen molar-refractivity contribution in [3.05, 3.63) is 71.4 Å². The molecule has 1 aliphatic carbocycles. The van der Waals surface area contributed by atoms with Crippen molar-refractivity contribution in [2.45, 2.75) is 32.7 Å². The van der Waals surface area contributed by atoms with Gasteiger partial charge in [0, 0.05) is 23.1 Å². The average molecular weight is 415 g/mol. The van der Waals surface area contributed by atoms with Gasteiger partial charge >= 0.3 is 0 Å². The van der Waals surface area contributed by atoms with Gasteiger partial charge in [0.2, 0.25) is 0 Å². The standard InChI is InChI=1S/C26H26N2O3/c1-26(2)13-19-23(21(30)14-26)24(27-18-9-6-10-20(29)25(18)28-19)17-11-12-22(31-3)16-8-5-4-7-15(16)17/h4-12,24,27-29H,13-14H2,1-3H3. The second-order valence-corrected chi connectivity index (χ2v) is 9.14. The summed E-state index contributed by atoms with van der Waals surface area (Å²) in [5.41, 5.74) is 3.86. The molecule has 0 spiro atoms. The van der Waals surface area contributed by atoms with Gasteiger partial charge in [0.05, 0.1) is 18.8 Å². The molecule has 3 aromatic carbocycles. The number of benzene rings is 3. The number of nitrogens with one attached hydrogen (secondary N) is 2. The Bertz CT molecular complexity index is 1240. The molecule has 1 unspecified atom stereocenters. The van der Waals surface area contributed by atoms with Crippen LogP contribution in [0.2, 0.25) is 0 Å². The van der Waals surface area contributed by atoms with Crippen molar-refractivity contribution in [1.29, 1.82) is 0 Å². The molecule has 5 heteroatoms. The molecule has 0 aromatic heterocycles. The molecule has 0 bridgehead atoms. The first-order valence-corrected chi connectivity index (χ1v) is 10.6. The molecule has 0 radical (unpaired) electrons. The second-order valence-electron chi connectivity index (χ2n) is 9.14. The third-order valence-electron chi connectivity index (χ3n) is 6.28. The third kappa shape index (κ3) is 3.21. The van der Waals surface area contributed by atoms with Crippen LogP contribution in [0, 0.1) is 5.41 Å². The lowest BCUT2D eigenvalue weighted by Gasteiger charge is -2.34. The number of para-hydroxylation sites is 1. The maximum atomic E-state index is 13.5. The molecule has 0 amide bonds. The fraction of sp³-hybridized carbons (Fsp3) is 0.269. The summed E-state index contributed by atoms with van der Waals surface area (Å²) in [6.07, 6.45) is 1.22. The number of ketones is 1. The zero-order valence-corrected chi connectivity index (χ0v) is 18.0. The van der Waals surface area contributed by atoms with Gasteiger partial charge in [-0.3, -0.25) is 4.79 Å². The van der Waals surface area contributed by atoms with Gasteiger partial charge in [-0.1, -0.05) is 50.2 Å². The molecule has 5 rings (SSSR count). The number of allylic oxidation sites excluding steroid dienone is 1. The lowest BCUT2D eigenvalue weighted by Crippen LogP contribution is -2.31. The maximum Gasteiger partial charge on any atom is 0.163 e. The molecular weight excluding hydrogens is 388 g/mol. The molecule has 3 N–H and O–H groups in total. The quantitative estimate of drug-likeness (QED) is 0.464. The fourth-order valence-corrected chi connectivity index (χ4v) is 4.91. The van der Waals surface area contributed by atoms with Crippen molar-refractivity contribution in [3.63, 3.8) is 0 Å². The van der Waals surface area contributed by atoms with E-state index in [2.05, 4.69) is 30.5 Å². The van der Waals surface area contributed by atoms with Gasteiger partial charge in [-0.2, -0.15) is 0 Å². The highest BCUT2D eigenvalue weighted by Gasteiger charge is 2.39. The van der Waals surface area contributed by atoms with Gasteiger partial charge in [0.1, 0.15) is 17.2 Å². The van der Waals surface area contributed by atoms with E-state index in [-0.39, 0.29) is 23.0 Å². The molecule has 3 aromatic rings. The summed E-state index contributed by atoms with van der Waals surface area (Å²) < 4.78 is 5.58. The van der Waals surface area contributed by atoms with E-state index in [4.69, 9.17) is 4.74 Å². The van der Waals surface area contributed by atoms with Crippen LogP contribution >= 0.6 is 0 Å². The third-order valence-corrected chi connectivity index (χ3v) is 6.28. The number of carbonyl (C=O) groups is 1. The van der Waals surface area contributed by atoms with Crippen LogP contribution in [-0.2, 0) is 4.79 Å². The van der Waals surface area contributed by atoms with Gasteiger partial charge in [-0.15, -0.1) is 0 Å². The maximum absolute atomic E-state index is 13.5. The number of phenolic OH excluding ortho intramolecular Hbond substituents is 1. The van der Waals surface area contributed by atoms with Crippen molar-refractivity contribution < 1.29 is 14.6 Å². The summed E-state index contributed by atoms with van der Waals surface area (Å²) in [4.78, 5) is 13.5. The fourth-order valence-electron chi connectivity index (χ4n) is 4.91. The van der Waals surface area contributed by atoms with E-state index >= 15 is 0 Å². The van der Waals surface area contributed by atoms with Gasteiger partial charge in [0.15, 0.2) is 5.78 Å². The number of rotatable bonds is 2. The van der Waals surface area contributed by atoms with Crippen molar-refractivity contribution in [2.75, 3.05) is 17.7 Å². The molecule has 5 nitrogen and oxygen atoms in total. The Labute approximate surface area is 181 Å². The van der Waals surface area contributed by atoms with Crippen LogP contribution in [0.1, 0.15) is 38.3 Å². The molecule has 1 heterocycles. The zero-order chi connectivity index (χ0) is 21.8. The first-order valence-electron chi connectivity index (χ1n) is 10.6. The van der Waals surface area contributed by atoms with E-state index in [1.54, 1.807) is 13.2 Å². The summed E-state index contributed by atoms with van der Waals surface area (Å²) in [6, 6.07) is 17.1. The SMILES string of the molecule is COc1ccc(C2Nc3cccc(O)c3NC3=C2C(=O)CC(C)(C)C3)c2ccccc12. The highest BCUT2D eigenvalue weighted by atomic mass is 16.5. The van der Waals surface area contributed by atoms with Crippen LogP contribution in [-0.4, -0.2) is 18.0 Å². The van der Waals surface area contributed by atoms with Crippen LogP contribution in [0.15, 0.2) is 65.9 Å². The highest BCUT2D eigenvalue weighted by Crippen LogP contribution is 2.48. The Kier molecular flexibility index (Phi) is 4.43. The number of Topliss-reactive ketones (excluding diaryl/α,β-unsaturated/α-hetero) is 1. The van der Waals surface area contributed by atoms with Crippen LogP contribution in [0.25, 0.3) is 10.8 Å². The molecule has 0 saturated heterocycles. The predicted molar refractivity (Wildman–Crippen MR) is 124 cm³/mol. The van der Waals surface area contributed by atoms with Gasteiger partial charge in [0.25, 0.3) is 0 Å². The molecule has 1 atom stereocenters. The normalized spacial score (nSPS) is 19.7. The first kappa shape index (κ1) is 19.5. The monoisotopic (exact) mass is 414 g/mol. The minimum Gasteiger partial charge on any atom is -0.506 e. The lowest BCUT2D eigenvalue weighted by molar-refractivity contribution is -0.118. The zero-order valence-electron chi connectivity index (χ0n) is 18.0. The number of hydrogen-bond acceptors (Lipinski definition) is 5. The van der Waals surface area contributed by atoms with E-state index < -0.39 is 0 Å². The Hall–Kier alpha value is -3.47. The van der Waals surface area contributed by atoms with E-state index in [9.17, 15) is 9.90 Å². The van der Waals surface area contributed by atoms with Crippen molar-refractivity contribution in [1.82, 2.24) is 0 Å². The van der Waals surface area contributed by atoms with Crippen molar-refractivity contribution in [2.24, 2.45) is 5.41 Å². The molecular formula is C26H26N2O3. The van der Waals surface area contributed by atoms with Gasteiger partial charge < -0.3 is 20.5 Å². The predicted octanol–water partition coefficient (Wildman–Crippen LogP) is 5.78. The molecule has 31 heavy (non-hydrogen) atoms. The van der Waals surface area contributed by atoms with E-state index in [1.165, 1.54) is 0 Å². The first-order chi connectivity index (χ1) is 14.9. The molecule has 0 saturated carbocycles. The molecule has 0 fully saturated rings. The summed E-state index contributed by atoms with van der Waals surface area (Å²) in [5.74, 6) is 1.09. The second kappa shape index (κ2) is 7.05. The van der Waals surface area contributed by atoms with Crippen LogP contribution < -0.4 is 15.4 Å². The van der Waals surface area contributed by atoms with Crippen LogP contribution in [0.5, 0.6) is 11.5 Å². The summed E-state index contributed by atoms with van der Waals surface area (Å²) >= 11 is 0. The van der Waals surface area contributed by atoms with E-state index in [1.807, 2.05) is 42.5 Å². The Morgan fingerprint density at radius 3 is 2.55 bits per heavy atom. The lowest BCUT2D eigenvalue weighted by atomic mass is 9.73.